The van der Waals surface area contributed by atoms with E-state index in [1.54, 1.807) is 0 Å². The van der Waals surface area contributed by atoms with Crippen LogP contribution in [0, 0.1) is 11.7 Å². The van der Waals surface area contributed by atoms with Gasteiger partial charge in [-0.15, -0.1) is 0 Å². The average molecular weight is 504 g/mol. The number of urea groups is 1. The maximum atomic E-state index is 14.2. The molecule has 2 aromatic carbocycles. The van der Waals surface area contributed by atoms with E-state index in [9.17, 15) is 14.0 Å². The minimum Gasteiger partial charge on any atom is -0.469 e. The number of nitrogens with zero attached hydrogens (tertiary/aromatic N) is 1. The molecule has 7 nitrogen and oxygen atoms in total. The molecule has 1 saturated carbocycles. The molecule has 1 heterocycles. The SMILES string of the molecule is COC(=O)CC(c1ccc(N2C[C@@H](C)O[C@@H](C)C2)c(NC(=O)Nc2ccc(Cl)cc2F)c1)C1CC1. The van der Waals surface area contributed by atoms with Crippen molar-refractivity contribution in [2.75, 3.05) is 35.7 Å². The molecule has 188 valence electrons. The van der Waals surface area contributed by atoms with E-state index in [2.05, 4.69) is 15.5 Å². The van der Waals surface area contributed by atoms with Gasteiger partial charge in [0.15, 0.2) is 0 Å². The van der Waals surface area contributed by atoms with E-state index in [1.165, 1.54) is 19.2 Å². The van der Waals surface area contributed by atoms with E-state index >= 15 is 0 Å². The lowest BCUT2D eigenvalue weighted by Gasteiger charge is -2.38. The molecule has 0 aromatic heterocycles. The average Bonchev–Trinajstić information content (AvgIpc) is 3.64. The number of anilines is 3. The highest BCUT2D eigenvalue weighted by atomic mass is 35.5. The third-order valence-corrected chi connectivity index (χ3v) is 6.68. The minimum absolute atomic E-state index is 0.0105. The van der Waals surface area contributed by atoms with Crippen molar-refractivity contribution in [3.8, 4) is 0 Å². The molecule has 2 amide bonds. The number of carbonyl (C=O) groups is 2. The number of hydrogen-bond donors (Lipinski definition) is 2. The molecule has 1 aliphatic carbocycles. The molecule has 1 saturated heterocycles. The Bertz CT molecular complexity index is 1080. The smallest absolute Gasteiger partial charge is 0.323 e. The fraction of sp³-hybridized carbons (Fsp3) is 0.462. The lowest BCUT2D eigenvalue weighted by Crippen LogP contribution is -2.45. The first-order valence-electron chi connectivity index (χ1n) is 11.9. The largest absolute Gasteiger partial charge is 0.469 e. The van der Waals surface area contributed by atoms with E-state index in [-0.39, 0.29) is 41.2 Å². The monoisotopic (exact) mass is 503 g/mol. The molecule has 0 bridgehead atoms. The molecular weight excluding hydrogens is 473 g/mol. The summed E-state index contributed by atoms with van der Waals surface area (Å²) in [7, 11) is 1.39. The van der Waals surface area contributed by atoms with Gasteiger partial charge < -0.3 is 25.0 Å². The first kappa shape index (κ1) is 25.3. The summed E-state index contributed by atoms with van der Waals surface area (Å²) < 4.78 is 25.0. The van der Waals surface area contributed by atoms with E-state index in [1.807, 2.05) is 32.0 Å². The molecular formula is C26H31ClFN3O4. The Morgan fingerprint density at radius 3 is 2.43 bits per heavy atom. The fourth-order valence-electron chi connectivity index (χ4n) is 4.72. The second-order valence-corrected chi connectivity index (χ2v) is 9.80. The molecule has 2 aliphatic rings. The van der Waals surface area contributed by atoms with Crippen molar-refractivity contribution in [2.45, 2.75) is 51.2 Å². The molecule has 2 N–H and O–H groups in total. The molecule has 2 aromatic rings. The highest BCUT2D eigenvalue weighted by Gasteiger charge is 2.35. The van der Waals surface area contributed by atoms with Crippen molar-refractivity contribution in [2.24, 2.45) is 5.92 Å². The van der Waals surface area contributed by atoms with Gasteiger partial charge in [0.2, 0.25) is 0 Å². The maximum Gasteiger partial charge on any atom is 0.323 e. The standard InChI is InChI=1S/C26H31ClFN3O4/c1-15-13-31(14-16(2)35-15)24-9-6-18(20(17-4-5-17)12-25(32)34-3)10-23(24)30-26(33)29-22-8-7-19(27)11-21(22)28/h6-11,15-17,20H,4-5,12-14H2,1-3H3,(H2,29,30,33)/t15-,16+,20?. The molecule has 9 heteroatoms. The summed E-state index contributed by atoms with van der Waals surface area (Å²) in [6.45, 7) is 5.36. The maximum absolute atomic E-state index is 14.2. The molecule has 1 unspecified atom stereocenters. The highest BCUT2D eigenvalue weighted by Crippen LogP contribution is 2.46. The Morgan fingerprint density at radius 1 is 1.11 bits per heavy atom. The molecule has 0 spiro atoms. The van der Waals surface area contributed by atoms with Crippen LogP contribution >= 0.6 is 11.6 Å². The topological polar surface area (TPSA) is 79.9 Å². The van der Waals surface area contributed by atoms with Crippen LogP contribution in [0.3, 0.4) is 0 Å². The van der Waals surface area contributed by atoms with Gasteiger partial charge in [-0.05, 0) is 74.4 Å². The number of benzene rings is 2. The first-order valence-corrected chi connectivity index (χ1v) is 12.3. The summed E-state index contributed by atoms with van der Waals surface area (Å²) in [6, 6.07) is 9.42. The fourth-order valence-corrected chi connectivity index (χ4v) is 4.88. The third-order valence-electron chi connectivity index (χ3n) is 6.44. The van der Waals surface area contributed by atoms with Gasteiger partial charge in [0.25, 0.3) is 0 Å². The second kappa shape index (κ2) is 10.8. The van der Waals surface area contributed by atoms with Crippen LogP contribution < -0.4 is 15.5 Å². The minimum atomic E-state index is -0.621. The molecule has 2 fully saturated rings. The first-order chi connectivity index (χ1) is 16.7. The summed E-state index contributed by atoms with van der Waals surface area (Å²) in [5.41, 5.74) is 2.42. The Kier molecular flexibility index (Phi) is 7.82. The quantitative estimate of drug-likeness (QED) is 0.467. The summed E-state index contributed by atoms with van der Waals surface area (Å²) in [6.07, 6.45) is 2.46. The zero-order chi connectivity index (χ0) is 25.1. The van der Waals surface area contributed by atoms with Crippen molar-refractivity contribution in [1.29, 1.82) is 0 Å². The molecule has 35 heavy (non-hydrogen) atoms. The van der Waals surface area contributed by atoms with Gasteiger partial charge in [-0.3, -0.25) is 4.79 Å². The Labute approximate surface area is 209 Å². The van der Waals surface area contributed by atoms with Crippen molar-refractivity contribution in [3.63, 3.8) is 0 Å². The lowest BCUT2D eigenvalue weighted by atomic mass is 9.90. The van der Waals surface area contributed by atoms with Crippen LogP contribution in [-0.4, -0.2) is 44.4 Å². The van der Waals surface area contributed by atoms with E-state index in [4.69, 9.17) is 21.1 Å². The predicted molar refractivity (Wildman–Crippen MR) is 135 cm³/mol. The zero-order valence-corrected chi connectivity index (χ0v) is 20.9. The van der Waals surface area contributed by atoms with Crippen molar-refractivity contribution >= 4 is 40.7 Å². The number of amides is 2. The van der Waals surface area contributed by atoms with Gasteiger partial charge in [0.05, 0.1) is 42.8 Å². The Hall–Kier alpha value is -2.84. The van der Waals surface area contributed by atoms with Crippen LogP contribution in [0.5, 0.6) is 0 Å². The number of hydrogen-bond acceptors (Lipinski definition) is 5. The number of methoxy groups -OCH3 is 1. The van der Waals surface area contributed by atoms with Gasteiger partial charge in [-0.1, -0.05) is 17.7 Å². The van der Waals surface area contributed by atoms with Crippen LogP contribution in [0.2, 0.25) is 5.02 Å². The zero-order valence-electron chi connectivity index (χ0n) is 20.1. The number of morpholine rings is 1. The number of carbonyl (C=O) groups excluding carboxylic acids is 2. The Morgan fingerprint density at radius 2 is 1.80 bits per heavy atom. The van der Waals surface area contributed by atoms with Crippen molar-refractivity contribution in [1.82, 2.24) is 0 Å². The van der Waals surface area contributed by atoms with Crippen molar-refractivity contribution < 1.29 is 23.5 Å². The van der Waals surface area contributed by atoms with E-state index in [0.29, 0.717) is 24.7 Å². The Balaban J connectivity index is 1.63. The predicted octanol–water partition coefficient (Wildman–Crippen LogP) is 5.79. The van der Waals surface area contributed by atoms with Gasteiger partial charge in [0, 0.05) is 18.1 Å². The number of ether oxygens (including phenoxy) is 2. The van der Waals surface area contributed by atoms with Crippen LogP contribution in [0.4, 0.5) is 26.2 Å². The molecule has 1 aliphatic heterocycles. The number of halogens is 2. The van der Waals surface area contributed by atoms with E-state index in [0.717, 1.165) is 30.2 Å². The third kappa shape index (κ3) is 6.44. The van der Waals surface area contributed by atoms with Crippen LogP contribution in [0.25, 0.3) is 0 Å². The van der Waals surface area contributed by atoms with Crippen LogP contribution in [0.1, 0.15) is 44.6 Å². The van der Waals surface area contributed by atoms with Gasteiger partial charge in [-0.25, -0.2) is 9.18 Å². The van der Waals surface area contributed by atoms with Gasteiger partial charge >= 0.3 is 12.0 Å². The number of nitrogens with one attached hydrogen (secondary N) is 2. The summed E-state index contributed by atoms with van der Waals surface area (Å²) in [4.78, 5) is 27.1. The lowest BCUT2D eigenvalue weighted by molar-refractivity contribution is -0.141. The second-order valence-electron chi connectivity index (χ2n) is 9.37. The van der Waals surface area contributed by atoms with Crippen LogP contribution in [0.15, 0.2) is 36.4 Å². The highest BCUT2D eigenvalue weighted by molar-refractivity contribution is 6.30. The molecule has 3 atom stereocenters. The van der Waals surface area contributed by atoms with Crippen LogP contribution in [-0.2, 0) is 14.3 Å². The van der Waals surface area contributed by atoms with E-state index < -0.39 is 11.8 Å². The summed E-state index contributed by atoms with van der Waals surface area (Å²) in [5.74, 6) is -0.457. The van der Waals surface area contributed by atoms with Crippen molar-refractivity contribution in [3.05, 3.63) is 52.8 Å². The number of esters is 1. The molecule has 4 rings (SSSR count). The number of rotatable bonds is 7. The summed E-state index contributed by atoms with van der Waals surface area (Å²) >= 11 is 5.82. The van der Waals surface area contributed by atoms with Gasteiger partial charge in [0.1, 0.15) is 5.82 Å². The summed E-state index contributed by atoms with van der Waals surface area (Å²) in [5, 5.41) is 5.71. The molecule has 0 radical (unpaired) electrons. The normalized spacial score (nSPS) is 20.8. The van der Waals surface area contributed by atoms with Gasteiger partial charge in [-0.2, -0.15) is 0 Å².